The van der Waals surface area contributed by atoms with Crippen molar-refractivity contribution in [3.05, 3.63) is 66.4 Å². The molecule has 0 heterocycles. The maximum Gasteiger partial charge on any atom is 0.328 e. The number of carbonyl (C=O) groups is 1. The summed E-state index contributed by atoms with van der Waals surface area (Å²) in [4.78, 5) is 14.4. The smallest absolute Gasteiger partial charge is 0.328 e. The second-order valence-electron chi connectivity index (χ2n) is 5.65. The van der Waals surface area contributed by atoms with Gasteiger partial charge in [0.25, 0.3) is 0 Å². The Bertz CT molecular complexity index is 787. The van der Waals surface area contributed by atoms with Crippen LogP contribution < -0.4 is 14.4 Å². The molecule has 8 heteroatoms. The number of benzene rings is 2. The normalized spacial score (nSPS) is 10.3. The highest BCUT2D eigenvalue weighted by molar-refractivity contribution is 5.93. The van der Waals surface area contributed by atoms with Crippen LogP contribution in [0.2, 0.25) is 0 Å². The van der Waals surface area contributed by atoms with Crippen LogP contribution in [0.1, 0.15) is 5.56 Å². The number of halogens is 2. The molecule has 144 valence electrons. The summed E-state index contributed by atoms with van der Waals surface area (Å²) in [5, 5.41) is 8.68. The molecule has 1 N–H and O–H groups in total. The molecular formula is C19H20F2N2O4. The number of rotatable bonds is 7. The molecule has 0 atom stereocenters. The minimum absolute atomic E-state index is 0.0213. The Kier molecular flexibility index (Phi) is 6.73. The maximum atomic E-state index is 14.4. The zero-order chi connectivity index (χ0) is 20.0. The topological polar surface area (TPSA) is 62.2 Å². The van der Waals surface area contributed by atoms with E-state index in [1.807, 2.05) is 0 Å². The second-order valence-corrected chi connectivity index (χ2v) is 5.65. The lowest BCUT2D eigenvalue weighted by Crippen LogP contribution is -2.35. The molecule has 0 radical (unpaired) electrons. The van der Waals surface area contributed by atoms with E-state index in [1.54, 1.807) is 24.3 Å². The summed E-state index contributed by atoms with van der Waals surface area (Å²) in [6, 6.07) is 7.80. The summed E-state index contributed by atoms with van der Waals surface area (Å²) in [6.45, 7) is 2.71. The lowest BCUT2D eigenvalue weighted by atomic mass is 10.1. The number of amides is 2. The molecule has 0 bridgehead atoms. The van der Waals surface area contributed by atoms with Crippen molar-refractivity contribution in [2.75, 3.05) is 25.8 Å². The third kappa shape index (κ3) is 4.95. The SMILES string of the molecule is C=CN(C(=O)N(C)C)c1cc(F)c(COc2ccc(OCO)cc2)c(F)c1. The van der Waals surface area contributed by atoms with Gasteiger partial charge in [-0.25, -0.2) is 13.6 Å². The number of nitrogens with zero attached hydrogens (tertiary/aromatic N) is 2. The highest BCUT2D eigenvalue weighted by atomic mass is 19.1. The van der Waals surface area contributed by atoms with E-state index in [2.05, 4.69) is 6.58 Å². The summed E-state index contributed by atoms with van der Waals surface area (Å²) in [5.74, 6) is -0.882. The Morgan fingerprint density at radius 2 is 1.63 bits per heavy atom. The van der Waals surface area contributed by atoms with Crippen LogP contribution in [0, 0.1) is 11.6 Å². The summed E-state index contributed by atoms with van der Waals surface area (Å²) < 4.78 is 39.0. The molecule has 0 aliphatic rings. The standard InChI is InChI=1S/C19H20F2N2O4/c1-4-23(19(25)22(2)3)13-9-17(20)16(18(21)10-13)11-26-14-5-7-15(8-6-14)27-12-24/h4-10,24H,1,11-12H2,2-3H3. The van der Waals surface area contributed by atoms with Crippen molar-refractivity contribution in [1.82, 2.24) is 4.90 Å². The van der Waals surface area contributed by atoms with Crippen molar-refractivity contribution < 1.29 is 28.2 Å². The van der Waals surface area contributed by atoms with Crippen LogP contribution in [0.25, 0.3) is 0 Å². The largest absolute Gasteiger partial charge is 0.489 e. The van der Waals surface area contributed by atoms with Gasteiger partial charge in [-0.05, 0) is 36.4 Å². The minimum Gasteiger partial charge on any atom is -0.489 e. The number of carbonyl (C=O) groups excluding carboxylic acids is 1. The molecule has 2 aromatic rings. The summed E-state index contributed by atoms with van der Waals surface area (Å²) in [6.07, 6.45) is 1.18. The predicted molar refractivity (Wildman–Crippen MR) is 96.6 cm³/mol. The van der Waals surface area contributed by atoms with Crippen LogP contribution in [0.3, 0.4) is 0 Å². The fourth-order valence-corrected chi connectivity index (χ4v) is 2.24. The van der Waals surface area contributed by atoms with Crippen molar-refractivity contribution in [3.8, 4) is 11.5 Å². The van der Waals surface area contributed by atoms with E-state index in [0.717, 1.165) is 17.0 Å². The Morgan fingerprint density at radius 3 is 2.07 bits per heavy atom. The molecule has 0 saturated carbocycles. The first kappa shape index (κ1) is 20.2. The summed E-state index contributed by atoms with van der Waals surface area (Å²) in [7, 11) is 3.04. The van der Waals surface area contributed by atoms with Gasteiger partial charge in [0.1, 0.15) is 29.7 Å². The van der Waals surface area contributed by atoms with E-state index in [4.69, 9.17) is 14.6 Å². The van der Waals surface area contributed by atoms with Crippen molar-refractivity contribution in [2.45, 2.75) is 6.61 Å². The first-order chi connectivity index (χ1) is 12.9. The number of ether oxygens (including phenoxy) is 2. The van der Waals surface area contributed by atoms with Gasteiger partial charge in [0.05, 0.1) is 11.3 Å². The first-order valence-electron chi connectivity index (χ1n) is 7.95. The van der Waals surface area contributed by atoms with E-state index < -0.39 is 24.5 Å². The lowest BCUT2D eigenvalue weighted by Gasteiger charge is -2.23. The molecule has 0 aromatic heterocycles. The van der Waals surface area contributed by atoms with E-state index in [1.165, 1.54) is 25.2 Å². The highest BCUT2D eigenvalue weighted by Crippen LogP contribution is 2.25. The quantitative estimate of drug-likeness (QED) is 0.749. The van der Waals surface area contributed by atoms with Crippen LogP contribution in [-0.4, -0.2) is 36.9 Å². The molecule has 0 spiro atoms. The number of urea groups is 1. The van der Waals surface area contributed by atoms with Gasteiger partial charge in [-0.15, -0.1) is 0 Å². The monoisotopic (exact) mass is 378 g/mol. The van der Waals surface area contributed by atoms with Gasteiger partial charge in [-0.1, -0.05) is 6.58 Å². The van der Waals surface area contributed by atoms with Crippen molar-refractivity contribution in [2.24, 2.45) is 0 Å². The Hall–Kier alpha value is -3.13. The molecular weight excluding hydrogens is 358 g/mol. The highest BCUT2D eigenvalue weighted by Gasteiger charge is 2.19. The lowest BCUT2D eigenvalue weighted by molar-refractivity contribution is 0.0984. The third-order valence-electron chi connectivity index (χ3n) is 3.61. The average Bonchev–Trinajstić information content (AvgIpc) is 2.63. The maximum absolute atomic E-state index is 14.4. The molecule has 2 aromatic carbocycles. The molecule has 6 nitrogen and oxygen atoms in total. The molecule has 0 saturated heterocycles. The van der Waals surface area contributed by atoms with Crippen LogP contribution in [0.4, 0.5) is 19.3 Å². The zero-order valence-corrected chi connectivity index (χ0v) is 15.0. The molecule has 0 fully saturated rings. The fourth-order valence-electron chi connectivity index (χ4n) is 2.24. The second kappa shape index (κ2) is 9.00. The van der Waals surface area contributed by atoms with Gasteiger partial charge in [0, 0.05) is 20.3 Å². The number of aliphatic hydroxyl groups is 1. The van der Waals surface area contributed by atoms with Crippen LogP contribution in [0.15, 0.2) is 49.2 Å². The third-order valence-corrected chi connectivity index (χ3v) is 3.61. The molecule has 0 aliphatic heterocycles. The number of hydrogen-bond donors (Lipinski definition) is 1. The Labute approximate surface area is 155 Å². The number of anilines is 1. The van der Waals surface area contributed by atoms with Gasteiger partial charge in [-0.3, -0.25) is 4.90 Å². The number of aliphatic hydroxyl groups excluding tert-OH is 1. The van der Waals surface area contributed by atoms with Crippen molar-refractivity contribution >= 4 is 11.7 Å². The molecule has 2 rings (SSSR count). The molecule has 2 amide bonds. The van der Waals surface area contributed by atoms with Gasteiger partial charge in [0.15, 0.2) is 6.79 Å². The van der Waals surface area contributed by atoms with Crippen molar-refractivity contribution in [3.63, 3.8) is 0 Å². The van der Waals surface area contributed by atoms with Crippen LogP contribution in [-0.2, 0) is 6.61 Å². The summed E-state index contributed by atoms with van der Waals surface area (Å²) in [5.41, 5.74) is -0.247. The minimum atomic E-state index is -0.844. The Morgan fingerprint density at radius 1 is 1.11 bits per heavy atom. The fraction of sp³-hybridized carbons (Fsp3) is 0.211. The van der Waals surface area contributed by atoms with E-state index in [0.29, 0.717) is 11.5 Å². The van der Waals surface area contributed by atoms with Gasteiger partial charge in [-0.2, -0.15) is 0 Å². The molecule has 0 unspecified atom stereocenters. The van der Waals surface area contributed by atoms with E-state index in [-0.39, 0.29) is 17.9 Å². The van der Waals surface area contributed by atoms with Crippen LogP contribution in [0.5, 0.6) is 11.5 Å². The van der Waals surface area contributed by atoms with Crippen molar-refractivity contribution in [1.29, 1.82) is 0 Å². The molecule has 27 heavy (non-hydrogen) atoms. The van der Waals surface area contributed by atoms with E-state index in [9.17, 15) is 13.6 Å². The average molecular weight is 378 g/mol. The van der Waals surface area contributed by atoms with Gasteiger partial charge >= 0.3 is 6.03 Å². The van der Waals surface area contributed by atoms with E-state index >= 15 is 0 Å². The zero-order valence-electron chi connectivity index (χ0n) is 15.0. The number of hydrogen-bond acceptors (Lipinski definition) is 4. The Balaban J connectivity index is 2.16. The first-order valence-corrected chi connectivity index (χ1v) is 7.95. The van der Waals surface area contributed by atoms with Crippen LogP contribution >= 0.6 is 0 Å². The van der Waals surface area contributed by atoms with Gasteiger partial charge < -0.3 is 19.5 Å². The predicted octanol–water partition coefficient (Wildman–Crippen LogP) is 3.50. The van der Waals surface area contributed by atoms with Gasteiger partial charge in [0.2, 0.25) is 0 Å². The molecule has 0 aliphatic carbocycles. The summed E-state index contributed by atoms with van der Waals surface area (Å²) >= 11 is 0.